The van der Waals surface area contributed by atoms with Gasteiger partial charge in [-0.05, 0) is 18.8 Å². The van der Waals surface area contributed by atoms with Crippen molar-refractivity contribution < 1.29 is 4.79 Å². The van der Waals surface area contributed by atoms with Gasteiger partial charge in [0.15, 0.2) is 5.13 Å². The average Bonchev–Trinajstić information content (AvgIpc) is 2.86. The minimum atomic E-state index is -0.127. The highest BCUT2D eigenvalue weighted by Crippen LogP contribution is 2.29. The summed E-state index contributed by atoms with van der Waals surface area (Å²) in [6, 6.07) is 0.173. The fraction of sp³-hybridized carbons (Fsp3) is 0.714. The fourth-order valence-electron chi connectivity index (χ4n) is 2.29. The van der Waals surface area contributed by atoms with E-state index < -0.39 is 0 Å². The lowest BCUT2D eigenvalue weighted by atomic mass is 10.1. The zero-order chi connectivity index (χ0) is 15.4. The van der Waals surface area contributed by atoms with Crippen molar-refractivity contribution in [3.8, 4) is 0 Å². The predicted molar refractivity (Wildman–Crippen MR) is 87.7 cm³/mol. The summed E-state index contributed by atoms with van der Waals surface area (Å²) in [4.78, 5) is 19.2. The van der Waals surface area contributed by atoms with Gasteiger partial charge in [0.05, 0.1) is 0 Å². The van der Waals surface area contributed by atoms with Crippen LogP contribution in [-0.2, 0) is 0 Å². The summed E-state index contributed by atoms with van der Waals surface area (Å²) in [6.45, 7) is 6.58. The Morgan fingerprint density at radius 1 is 1.62 bits per heavy atom. The van der Waals surface area contributed by atoms with Gasteiger partial charge in [-0.15, -0.1) is 0 Å². The molecule has 0 radical (unpaired) electrons. The smallest absolute Gasteiger partial charge is 0.265 e. The molecule has 7 heteroatoms. The third-order valence-corrected chi connectivity index (χ3v) is 5.02. The van der Waals surface area contributed by atoms with Gasteiger partial charge in [-0.1, -0.05) is 31.6 Å². The van der Waals surface area contributed by atoms with E-state index >= 15 is 0 Å². The summed E-state index contributed by atoms with van der Waals surface area (Å²) in [7, 11) is 0. The number of nitrogens with zero attached hydrogens (tertiary/aromatic N) is 2. The quantitative estimate of drug-likeness (QED) is 0.764. The Hall–Kier alpha value is -1.34. The minimum Gasteiger partial charge on any atom is -0.382 e. The highest BCUT2D eigenvalue weighted by molar-refractivity contribution is 7.18. The molecule has 1 aromatic rings. The maximum atomic E-state index is 12.2. The molecule has 1 aliphatic heterocycles. The summed E-state index contributed by atoms with van der Waals surface area (Å²) in [6.07, 6.45) is 3.13. The van der Waals surface area contributed by atoms with E-state index in [0.717, 1.165) is 37.5 Å². The summed E-state index contributed by atoms with van der Waals surface area (Å²) < 4.78 is 0. The number of amides is 1. The molecule has 0 saturated carbocycles. The predicted octanol–water partition coefficient (Wildman–Crippen LogP) is 1.43. The molecule has 6 nitrogen and oxygen atoms in total. The molecule has 2 rings (SSSR count). The number of aromatic nitrogens is 1. The number of thiazole rings is 1. The summed E-state index contributed by atoms with van der Waals surface area (Å²) in [5.74, 6) is 0.649. The standard InChI is InChI=1S/C14H25N5OS/c1-3-9(2)7-17-13(20)11-12(16)18-14(21-11)19-6-4-5-10(15)8-19/h9-10H,3-8,15-16H2,1-2H3,(H,17,20). The number of hydrogen-bond donors (Lipinski definition) is 3. The third kappa shape index (κ3) is 4.07. The number of nitrogens with one attached hydrogen (secondary N) is 1. The molecule has 1 aromatic heterocycles. The molecule has 5 N–H and O–H groups in total. The number of nitrogen functional groups attached to an aromatic ring is 1. The number of anilines is 2. The van der Waals surface area contributed by atoms with Crippen LogP contribution >= 0.6 is 11.3 Å². The molecular weight excluding hydrogens is 286 g/mol. The summed E-state index contributed by atoms with van der Waals surface area (Å²) in [5, 5.41) is 3.73. The average molecular weight is 311 g/mol. The van der Waals surface area contributed by atoms with Crippen LogP contribution in [0.1, 0.15) is 42.8 Å². The minimum absolute atomic E-state index is 0.127. The van der Waals surface area contributed by atoms with Crippen LogP contribution in [0, 0.1) is 5.92 Å². The molecule has 0 spiro atoms. The Bertz CT molecular complexity index is 490. The van der Waals surface area contributed by atoms with Crippen LogP contribution in [0.4, 0.5) is 10.9 Å². The van der Waals surface area contributed by atoms with Gasteiger partial charge in [0.1, 0.15) is 10.7 Å². The van der Waals surface area contributed by atoms with Crippen molar-refractivity contribution >= 4 is 28.2 Å². The first kappa shape index (κ1) is 16.0. The molecule has 2 atom stereocenters. The molecular formula is C14H25N5OS. The van der Waals surface area contributed by atoms with E-state index in [-0.39, 0.29) is 11.9 Å². The van der Waals surface area contributed by atoms with Gasteiger partial charge in [-0.2, -0.15) is 0 Å². The lowest BCUT2D eigenvalue weighted by Gasteiger charge is -2.30. The molecule has 1 aliphatic rings. The first-order valence-electron chi connectivity index (χ1n) is 7.56. The van der Waals surface area contributed by atoms with E-state index in [1.807, 2.05) is 0 Å². The van der Waals surface area contributed by atoms with E-state index in [0.29, 0.717) is 23.2 Å². The van der Waals surface area contributed by atoms with Crippen molar-refractivity contribution in [3.05, 3.63) is 4.88 Å². The zero-order valence-corrected chi connectivity index (χ0v) is 13.6. The summed E-state index contributed by atoms with van der Waals surface area (Å²) >= 11 is 1.36. The van der Waals surface area contributed by atoms with Crippen LogP contribution in [-0.4, -0.2) is 36.6 Å². The van der Waals surface area contributed by atoms with Crippen LogP contribution in [0.5, 0.6) is 0 Å². The largest absolute Gasteiger partial charge is 0.382 e. The third-order valence-electron chi connectivity index (χ3n) is 3.88. The molecule has 1 saturated heterocycles. The Morgan fingerprint density at radius 3 is 3.05 bits per heavy atom. The number of carbonyl (C=O) groups is 1. The van der Waals surface area contributed by atoms with Crippen molar-refractivity contribution in [2.45, 2.75) is 39.2 Å². The number of hydrogen-bond acceptors (Lipinski definition) is 6. The molecule has 0 bridgehead atoms. The van der Waals surface area contributed by atoms with Crippen LogP contribution < -0.4 is 21.7 Å². The SMILES string of the molecule is CCC(C)CNC(=O)c1sc(N2CCCC(N)C2)nc1N. The highest BCUT2D eigenvalue weighted by Gasteiger charge is 2.23. The maximum Gasteiger partial charge on any atom is 0.265 e. The second-order valence-electron chi connectivity index (χ2n) is 5.78. The van der Waals surface area contributed by atoms with E-state index in [4.69, 9.17) is 11.5 Å². The Labute approximate surface area is 129 Å². The van der Waals surface area contributed by atoms with Crippen LogP contribution in [0.2, 0.25) is 0 Å². The monoisotopic (exact) mass is 311 g/mol. The molecule has 1 amide bonds. The van der Waals surface area contributed by atoms with E-state index in [1.165, 1.54) is 11.3 Å². The van der Waals surface area contributed by atoms with Gasteiger partial charge in [0.2, 0.25) is 0 Å². The van der Waals surface area contributed by atoms with Crippen LogP contribution in [0.25, 0.3) is 0 Å². The van der Waals surface area contributed by atoms with Gasteiger partial charge in [0, 0.05) is 25.7 Å². The van der Waals surface area contributed by atoms with Gasteiger partial charge in [-0.25, -0.2) is 4.98 Å². The van der Waals surface area contributed by atoms with E-state index in [2.05, 4.69) is 29.0 Å². The second-order valence-corrected chi connectivity index (χ2v) is 6.76. The Morgan fingerprint density at radius 2 is 2.38 bits per heavy atom. The second kappa shape index (κ2) is 7.09. The fourth-order valence-corrected chi connectivity index (χ4v) is 3.23. The topological polar surface area (TPSA) is 97.3 Å². The van der Waals surface area contributed by atoms with Gasteiger partial charge >= 0.3 is 0 Å². The molecule has 2 unspecified atom stereocenters. The Balaban J connectivity index is 2.02. The Kier molecular flexibility index (Phi) is 5.41. The maximum absolute atomic E-state index is 12.2. The molecule has 0 aromatic carbocycles. The van der Waals surface area contributed by atoms with Gasteiger partial charge in [-0.3, -0.25) is 4.79 Å². The highest BCUT2D eigenvalue weighted by atomic mass is 32.1. The van der Waals surface area contributed by atoms with Crippen LogP contribution in [0.3, 0.4) is 0 Å². The van der Waals surface area contributed by atoms with Gasteiger partial charge in [0.25, 0.3) is 5.91 Å². The van der Waals surface area contributed by atoms with Crippen molar-refractivity contribution in [3.63, 3.8) is 0 Å². The summed E-state index contributed by atoms with van der Waals surface area (Å²) in [5.41, 5.74) is 11.9. The first-order chi connectivity index (χ1) is 10.0. The van der Waals surface area contributed by atoms with Crippen molar-refractivity contribution in [1.82, 2.24) is 10.3 Å². The normalized spacial score (nSPS) is 20.3. The first-order valence-corrected chi connectivity index (χ1v) is 8.38. The van der Waals surface area contributed by atoms with Crippen molar-refractivity contribution in [2.75, 3.05) is 30.3 Å². The van der Waals surface area contributed by atoms with Gasteiger partial charge < -0.3 is 21.7 Å². The lowest BCUT2D eigenvalue weighted by Crippen LogP contribution is -2.42. The molecule has 0 aliphatic carbocycles. The van der Waals surface area contributed by atoms with E-state index in [1.54, 1.807) is 0 Å². The molecule has 1 fully saturated rings. The number of piperidine rings is 1. The molecule has 2 heterocycles. The number of rotatable bonds is 5. The zero-order valence-electron chi connectivity index (χ0n) is 12.8. The number of carbonyl (C=O) groups excluding carboxylic acids is 1. The molecule has 118 valence electrons. The van der Waals surface area contributed by atoms with E-state index in [9.17, 15) is 4.79 Å². The van der Waals surface area contributed by atoms with Crippen molar-refractivity contribution in [1.29, 1.82) is 0 Å². The number of nitrogens with two attached hydrogens (primary N) is 2. The lowest BCUT2D eigenvalue weighted by molar-refractivity contribution is 0.0952. The van der Waals surface area contributed by atoms with Crippen molar-refractivity contribution in [2.24, 2.45) is 11.7 Å². The van der Waals surface area contributed by atoms with Crippen LogP contribution in [0.15, 0.2) is 0 Å². The molecule has 21 heavy (non-hydrogen) atoms.